The van der Waals surface area contributed by atoms with E-state index in [2.05, 4.69) is 0 Å². The Hall–Kier alpha value is -4.70. The Balaban J connectivity index is 1.43. The topological polar surface area (TPSA) is 113 Å². The number of carboxylic acid groups (broad SMARTS) is 1. The van der Waals surface area contributed by atoms with Gasteiger partial charge in [0.25, 0.3) is 15.9 Å². The number of sulfonamides is 1. The molecule has 0 aliphatic carbocycles. The number of carboxylic acids is 1. The molecule has 2 fully saturated rings. The molecule has 51 heavy (non-hydrogen) atoms. The Bertz CT molecular complexity index is 2020. The van der Waals surface area contributed by atoms with Gasteiger partial charge in [-0.1, -0.05) is 54.6 Å². The number of carbonyl (C=O) groups is 2. The molecular weight excluding hydrogens is 699 g/mol. The molecule has 4 aromatic carbocycles. The standard InChI is InChI=1S/C36H31F5N2O7S/c37-28-29(38)31(40)33(32(41)30(28)39)51(47,48)43-17-16-36(43,50-21-23-4-2-1-3-5-23)35(46)42(27-12-10-26(11-13-27)34(44)45)20-22-6-8-24(9-7-22)25-14-18-49-19-15-25/h1-13,25H,14-21H2,(H,44,45)/t36-/m1/s1. The zero-order valence-corrected chi connectivity index (χ0v) is 27.6. The summed E-state index contributed by atoms with van der Waals surface area (Å²) < 4.78 is 112. The van der Waals surface area contributed by atoms with E-state index in [0.717, 1.165) is 23.3 Å². The first kappa shape index (κ1) is 36.1. The van der Waals surface area contributed by atoms with Crippen LogP contribution in [0.4, 0.5) is 27.6 Å². The molecule has 1 atom stereocenters. The molecule has 9 nitrogen and oxygen atoms in total. The van der Waals surface area contributed by atoms with Crippen LogP contribution < -0.4 is 4.90 Å². The predicted molar refractivity (Wildman–Crippen MR) is 173 cm³/mol. The highest BCUT2D eigenvalue weighted by Crippen LogP contribution is 2.43. The normalized spacial score (nSPS) is 18.3. The van der Waals surface area contributed by atoms with Crippen LogP contribution in [0.5, 0.6) is 0 Å². The minimum Gasteiger partial charge on any atom is -0.478 e. The second-order valence-electron chi connectivity index (χ2n) is 12.2. The molecular formula is C36H31F5N2O7S. The smallest absolute Gasteiger partial charge is 0.335 e. The van der Waals surface area contributed by atoms with Gasteiger partial charge in [0, 0.05) is 31.9 Å². The largest absolute Gasteiger partial charge is 0.478 e. The predicted octanol–water partition coefficient (Wildman–Crippen LogP) is 6.52. The number of rotatable bonds is 11. The van der Waals surface area contributed by atoms with E-state index in [1.54, 1.807) is 42.5 Å². The van der Waals surface area contributed by atoms with Gasteiger partial charge in [0.15, 0.2) is 28.2 Å². The van der Waals surface area contributed by atoms with Gasteiger partial charge < -0.3 is 19.5 Å². The third kappa shape index (κ3) is 6.86. The Morgan fingerprint density at radius 1 is 0.824 bits per heavy atom. The summed E-state index contributed by atoms with van der Waals surface area (Å²) in [4.78, 5) is 25.4. The highest BCUT2D eigenvalue weighted by molar-refractivity contribution is 7.89. The minimum absolute atomic E-state index is 0.110. The molecule has 0 bridgehead atoms. The Labute approximate surface area is 289 Å². The monoisotopic (exact) mass is 730 g/mol. The van der Waals surface area contributed by atoms with Crippen molar-refractivity contribution in [1.29, 1.82) is 0 Å². The molecule has 4 aromatic rings. The molecule has 1 amide bonds. The van der Waals surface area contributed by atoms with Crippen LogP contribution in [0.3, 0.4) is 0 Å². The van der Waals surface area contributed by atoms with Gasteiger partial charge in [-0.25, -0.2) is 35.2 Å². The SMILES string of the molecule is O=C(O)c1ccc(N(Cc2ccc(C3CCOCC3)cc2)C(=O)[C@]2(OCc3ccccc3)CCN2S(=O)(=O)c2c(F)c(F)c(F)c(F)c2F)cc1. The third-order valence-corrected chi connectivity index (χ3v) is 11.0. The summed E-state index contributed by atoms with van der Waals surface area (Å²) in [5.41, 5.74) is -0.419. The molecule has 0 spiro atoms. The van der Waals surface area contributed by atoms with E-state index >= 15 is 0 Å². The van der Waals surface area contributed by atoms with Gasteiger partial charge in [-0.05, 0) is 59.7 Å². The van der Waals surface area contributed by atoms with Crippen LogP contribution in [0.25, 0.3) is 0 Å². The van der Waals surface area contributed by atoms with Crippen molar-refractivity contribution < 1.29 is 54.5 Å². The number of hydrogen-bond acceptors (Lipinski definition) is 6. The Morgan fingerprint density at radius 3 is 1.96 bits per heavy atom. The number of halogens is 5. The van der Waals surface area contributed by atoms with E-state index in [-0.39, 0.29) is 41.0 Å². The van der Waals surface area contributed by atoms with E-state index in [4.69, 9.17) is 9.47 Å². The van der Waals surface area contributed by atoms with E-state index in [1.165, 1.54) is 24.3 Å². The molecule has 0 saturated carbocycles. The number of hydrogen-bond donors (Lipinski definition) is 1. The summed E-state index contributed by atoms with van der Waals surface area (Å²) in [5, 5.41) is 9.46. The van der Waals surface area contributed by atoms with Crippen LogP contribution in [-0.2, 0) is 37.4 Å². The van der Waals surface area contributed by atoms with Gasteiger partial charge in [0.2, 0.25) is 11.5 Å². The lowest BCUT2D eigenvalue weighted by Gasteiger charge is -2.50. The van der Waals surface area contributed by atoms with E-state index < -0.39 is 68.2 Å². The van der Waals surface area contributed by atoms with Gasteiger partial charge in [0.1, 0.15) is 0 Å². The van der Waals surface area contributed by atoms with Crippen LogP contribution in [-0.4, -0.2) is 55.2 Å². The van der Waals surface area contributed by atoms with E-state index in [1.807, 2.05) is 12.1 Å². The summed E-state index contributed by atoms with van der Waals surface area (Å²) in [5.74, 6) is -14.7. The van der Waals surface area contributed by atoms with Gasteiger partial charge in [0.05, 0.1) is 18.7 Å². The molecule has 15 heteroatoms. The van der Waals surface area contributed by atoms with Crippen molar-refractivity contribution in [3.63, 3.8) is 0 Å². The van der Waals surface area contributed by atoms with Crippen molar-refractivity contribution in [3.8, 4) is 0 Å². The van der Waals surface area contributed by atoms with Crippen molar-refractivity contribution >= 4 is 27.6 Å². The molecule has 2 heterocycles. The maximum absolute atomic E-state index is 15.0. The first-order chi connectivity index (χ1) is 24.3. The fraction of sp³-hybridized carbons (Fsp3) is 0.278. The molecule has 1 N–H and O–H groups in total. The van der Waals surface area contributed by atoms with Gasteiger partial charge in [-0.2, -0.15) is 4.31 Å². The number of nitrogens with zero attached hydrogens (tertiary/aromatic N) is 2. The third-order valence-electron chi connectivity index (χ3n) is 9.11. The zero-order valence-electron chi connectivity index (χ0n) is 26.8. The number of benzene rings is 4. The van der Waals surface area contributed by atoms with Crippen LogP contribution in [0.15, 0.2) is 83.8 Å². The fourth-order valence-electron chi connectivity index (χ4n) is 6.22. The van der Waals surface area contributed by atoms with Gasteiger partial charge in [-0.3, -0.25) is 4.79 Å². The van der Waals surface area contributed by atoms with Crippen molar-refractivity contribution in [2.45, 2.75) is 49.0 Å². The van der Waals surface area contributed by atoms with Crippen LogP contribution >= 0.6 is 0 Å². The minimum atomic E-state index is -5.63. The lowest BCUT2D eigenvalue weighted by Crippen LogP contribution is -2.70. The summed E-state index contributed by atoms with van der Waals surface area (Å²) in [6.45, 7) is 0.0778. The number of ether oxygens (including phenoxy) is 2. The molecule has 0 aromatic heterocycles. The van der Waals surface area contributed by atoms with Gasteiger partial charge in [-0.15, -0.1) is 0 Å². The number of carbonyl (C=O) groups excluding carboxylic acids is 1. The summed E-state index contributed by atoms with van der Waals surface area (Å²) in [7, 11) is -5.63. The van der Waals surface area contributed by atoms with E-state index in [9.17, 15) is 45.1 Å². The lowest BCUT2D eigenvalue weighted by atomic mass is 9.91. The highest BCUT2D eigenvalue weighted by Gasteiger charge is 2.61. The zero-order chi connectivity index (χ0) is 36.5. The number of aromatic carboxylic acids is 1. The van der Waals surface area contributed by atoms with Crippen molar-refractivity contribution in [1.82, 2.24) is 4.31 Å². The van der Waals surface area contributed by atoms with E-state index in [0.29, 0.717) is 24.3 Å². The first-order valence-corrected chi connectivity index (χ1v) is 17.3. The average Bonchev–Trinajstić information content (AvgIpc) is 3.12. The van der Waals surface area contributed by atoms with Crippen molar-refractivity contribution in [2.24, 2.45) is 0 Å². The summed E-state index contributed by atoms with van der Waals surface area (Å²) in [6, 6.07) is 20.7. The molecule has 6 rings (SSSR count). The summed E-state index contributed by atoms with van der Waals surface area (Å²) in [6.07, 6.45) is 1.29. The number of amides is 1. The van der Waals surface area contributed by atoms with Crippen LogP contribution in [0.2, 0.25) is 0 Å². The second-order valence-corrected chi connectivity index (χ2v) is 14.0. The van der Waals surface area contributed by atoms with Crippen LogP contribution in [0, 0.1) is 29.1 Å². The average molecular weight is 731 g/mol. The fourth-order valence-corrected chi connectivity index (χ4v) is 8.02. The Kier molecular flexibility index (Phi) is 10.3. The lowest BCUT2D eigenvalue weighted by molar-refractivity contribution is -0.194. The van der Waals surface area contributed by atoms with Gasteiger partial charge >= 0.3 is 5.97 Å². The molecule has 2 aliphatic rings. The molecule has 0 radical (unpaired) electrons. The molecule has 0 unspecified atom stereocenters. The van der Waals surface area contributed by atoms with Crippen molar-refractivity contribution in [2.75, 3.05) is 24.7 Å². The number of anilines is 1. The quantitative estimate of drug-likeness (QED) is 0.106. The highest BCUT2D eigenvalue weighted by atomic mass is 32.2. The molecule has 2 aliphatic heterocycles. The summed E-state index contributed by atoms with van der Waals surface area (Å²) >= 11 is 0. The molecule has 268 valence electrons. The maximum atomic E-state index is 15.0. The molecule has 2 saturated heterocycles. The Morgan fingerprint density at radius 2 is 1.41 bits per heavy atom. The maximum Gasteiger partial charge on any atom is 0.335 e. The van der Waals surface area contributed by atoms with Crippen molar-refractivity contribution in [3.05, 3.63) is 130 Å². The second kappa shape index (κ2) is 14.5. The first-order valence-electron chi connectivity index (χ1n) is 15.9. The van der Waals surface area contributed by atoms with Crippen LogP contribution in [0.1, 0.15) is 52.2 Å².